The molecule has 1 N–H and O–H groups in total. The Hall–Kier alpha value is -2.01. The summed E-state index contributed by atoms with van der Waals surface area (Å²) in [5.74, 6) is 0.606. The van der Waals surface area contributed by atoms with Crippen molar-refractivity contribution in [3.05, 3.63) is 80.5 Å². The van der Waals surface area contributed by atoms with E-state index in [4.69, 9.17) is 27.9 Å². The number of hydrogen-bond acceptors (Lipinski definition) is 3. The Kier molecular flexibility index (Phi) is 5.41. The van der Waals surface area contributed by atoms with Gasteiger partial charge >= 0.3 is 0 Å². The number of carbonyl (C=O) groups is 1. The summed E-state index contributed by atoms with van der Waals surface area (Å²) in [5.41, 5.74) is 1.55. The minimum Gasteiger partial charge on any atom is -0.489 e. The summed E-state index contributed by atoms with van der Waals surface area (Å²) in [5, 5.41) is 5.56. The van der Waals surface area contributed by atoms with Gasteiger partial charge in [-0.1, -0.05) is 41.4 Å². The van der Waals surface area contributed by atoms with Crippen LogP contribution >= 0.6 is 34.5 Å². The monoisotopic (exact) mass is 377 g/mol. The van der Waals surface area contributed by atoms with Gasteiger partial charge in [0.05, 0.1) is 14.9 Å². The fraction of sp³-hybridized carbons (Fsp3) is 0.0556. The molecule has 24 heavy (non-hydrogen) atoms. The molecule has 1 aromatic heterocycles. The van der Waals surface area contributed by atoms with Crippen LogP contribution in [0, 0.1) is 0 Å². The van der Waals surface area contributed by atoms with Crippen molar-refractivity contribution in [2.75, 3.05) is 5.32 Å². The molecule has 1 amide bonds. The molecule has 6 heteroatoms. The Morgan fingerprint density at radius 2 is 1.83 bits per heavy atom. The maximum atomic E-state index is 12.3. The van der Waals surface area contributed by atoms with Crippen molar-refractivity contribution >= 4 is 46.1 Å². The molecule has 0 atom stereocenters. The first-order valence-electron chi connectivity index (χ1n) is 7.13. The largest absolute Gasteiger partial charge is 0.489 e. The van der Waals surface area contributed by atoms with Crippen molar-refractivity contribution in [3.63, 3.8) is 0 Å². The van der Waals surface area contributed by atoms with Crippen molar-refractivity contribution in [1.29, 1.82) is 0 Å². The molecule has 0 aliphatic carbocycles. The Bertz CT molecular complexity index is 849. The summed E-state index contributed by atoms with van der Waals surface area (Å²) in [6, 6.07) is 16.3. The molecular weight excluding hydrogens is 365 g/mol. The third kappa shape index (κ3) is 4.29. The third-order valence-corrected chi connectivity index (χ3v) is 4.92. The third-order valence-electron chi connectivity index (χ3n) is 3.20. The van der Waals surface area contributed by atoms with E-state index in [2.05, 4.69) is 5.32 Å². The smallest absolute Gasteiger partial charge is 0.265 e. The molecule has 0 aliphatic heterocycles. The summed E-state index contributed by atoms with van der Waals surface area (Å²) < 4.78 is 5.68. The van der Waals surface area contributed by atoms with Gasteiger partial charge in [0.25, 0.3) is 5.91 Å². The predicted octanol–water partition coefficient (Wildman–Crippen LogP) is 5.89. The second kappa shape index (κ2) is 7.71. The molecule has 3 rings (SSSR count). The van der Waals surface area contributed by atoms with Crippen molar-refractivity contribution in [3.8, 4) is 5.75 Å². The molecule has 0 spiro atoms. The van der Waals surface area contributed by atoms with Crippen LogP contribution in [0.1, 0.15) is 15.2 Å². The average Bonchev–Trinajstić information content (AvgIpc) is 3.06. The molecule has 0 saturated heterocycles. The summed E-state index contributed by atoms with van der Waals surface area (Å²) in [6.45, 7) is 0.417. The van der Waals surface area contributed by atoms with Crippen LogP contribution in [-0.2, 0) is 6.61 Å². The average molecular weight is 378 g/mol. The van der Waals surface area contributed by atoms with Crippen LogP contribution in [-0.4, -0.2) is 5.91 Å². The number of thiophene rings is 1. The zero-order chi connectivity index (χ0) is 16.9. The summed E-state index contributed by atoms with van der Waals surface area (Å²) in [4.78, 5) is 12.9. The van der Waals surface area contributed by atoms with E-state index in [1.54, 1.807) is 18.2 Å². The van der Waals surface area contributed by atoms with Gasteiger partial charge < -0.3 is 10.1 Å². The van der Waals surface area contributed by atoms with Crippen molar-refractivity contribution < 1.29 is 9.53 Å². The highest BCUT2D eigenvalue weighted by molar-refractivity contribution is 7.12. The Balaban J connectivity index is 1.62. The number of hydrogen-bond donors (Lipinski definition) is 1. The van der Waals surface area contributed by atoms with Crippen LogP contribution in [0.4, 0.5) is 5.69 Å². The van der Waals surface area contributed by atoms with E-state index in [-0.39, 0.29) is 5.91 Å². The predicted molar refractivity (Wildman–Crippen MR) is 99.5 cm³/mol. The fourth-order valence-electron chi connectivity index (χ4n) is 2.02. The summed E-state index contributed by atoms with van der Waals surface area (Å²) >= 11 is 13.2. The number of anilines is 1. The highest BCUT2D eigenvalue weighted by Crippen LogP contribution is 2.26. The maximum absolute atomic E-state index is 12.3. The van der Waals surface area contributed by atoms with Gasteiger partial charge in [-0.25, -0.2) is 0 Å². The molecule has 0 unspecified atom stereocenters. The van der Waals surface area contributed by atoms with Crippen LogP contribution in [0.5, 0.6) is 5.75 Å². The molecular formula is C18H13Cl2NO2S. The van der Waals surface area contributed by atoms with Crippen LogP contribution in [0.2, 0.25) is 10.0 Å². The molecule has 0 saturated carbocycles. The van der Waals surface area contributed by atoms with E-state index in [1.807, 2.05) is 41.8 Å². The van der Waals surface area contributed by atoms with Gasteiger partial charge in [-0.05, 0) is 41.8 Å². The zero-order valence-electron chi connectivity index (χ0n) is 12.5. The minimum absolute atomic E-state index is 0.190. The van der Waals surface area contributed by atoms with Gasteiger partial charge in [0.1, 0.15) is 12.4 Å². The normalized spacial score (nSPS) is 10.4. The number of para-hydroxylation sites is 1. The lowest BCUT2D eigenvalue weighted by Gasteiger charge is -2.05. The quantitative estimate of drug-likeness (QED) is 0.602. The van der Waals surface area contributed by atoms with Gasteiger partial charge in [0.15, 0.2) is 0 Å². The Morgan fingerprint density at radius 3 is 2.58 bits per heavy atom. The van der Waals surface area contributed by atoms with Gasteiger partial charge in [0.2, 0.25) is 0 Å². The molecule has 0 aliphatic rings. The second-order valence-electron chi connectivity index (χ2n) is 5.00. The number of ether oxygens (including phenoxy) is 1. The minimum atomic E-state index is -0.190. The molecule has 3 aromatic rings. The topological polar surface area (TPSA) is 38.3 Å². The van der Waals surface area contributed by atoms with Crippen LogP contribution in [0.15, 0.2) is 60.0 Å². The van der Waals surface area contributed by atoms with Crippen molar-refractivity contribution in [2.24, 2.45) is 0 Å². The number of halogens is 2. The highest BCUT2D eigenvalue weighted by atomic mass is 35.5. The molecule has 0 fully saturated rings. The first-order valence-corrected chi connectivity index (χ1v) is 8.77. The standard InChI is InChI=1S/C18H13Cl2NO2S/c19-15-7-6-13(9-16(15)20)21-18(22)17-8-12(11-24-17)10-23-14-4-2-1-3-5-14/h1-9,11H,10H2,(H,21,22). The molecule has 0 radical (unpaired) electrons. The van der Waals surface area contributed by atoms with E-state index in [1.165, 1.54) is 11.3 Å². The summed E-state index contributed by atoms with van der Waals surface area (Å²) in [6.07, 6.45) is 0. The van der Waals surface area contributed by atoms with Gasteiger partial charge in [-0.2, -0.15) is 0 Å². The maximum Gasteiger partial charge on any atom is 0.265 e. The van der Waals surface area contributed by atoms with E-state index in [0.29, 0.717) is 27.2 Å². The van der Waals surface area contributed by atoms with Gasteiger partial charge in [-0.3, -0.25) is 4.79 Å². The number of benzene rings is 2. The number of nitrogens with one attached hydrogen (secondary N) is 1. The van der Waals surface area contributed by atoms with E-state index < -0.39 is 0 Å². The van der Waals surface area contributed by atoms with E-state index in [0.717, 1.165) is 11.3 Å². The molecule has 3 nitrogen and oxygen atoms in total. The summed E-state index contributed by atoms with van der Waals surface area (Å²) in [7, 11) is 0. The first-order chi connectivity index (χ1) is 11.6. The van der Waals surface area contributed by atoms with Crippen molar-refractivity contribution in [2.45, 2.75) is 6.61 Å². The van der Waals surface area contributed by atoms with Crippen LogP contribution in [0.25, 0.3) is 0 Å². The van der Waals surface area contributed by atoms with Crippen LogP contribution < -0.4 is 10.1 Å². The van der Waals surface area contributed by atoms with Gasteiger partial charge in [0, 0.05) is 11.3 Å². The lowest BCUT2D eigenvalue weighted by atomic mass is 10.3. The Labute approximate surface area is 153 Å². The lowest BCUT2D eigenvalue weighted by Crippen LogP contribution is -2.10. The molecule has 1 heterocycles. The van der Waals surface area contributed by atoms with Gasteiger partial charge in [-0.15, -0.1) is 11.3 Å². The number of rotatable bonds is 5. The van der Waals surface area contributed by atoms with Crippen LogP contribution in [0.3, 0.4) is 0 Å². The lowest BCUT2D eigenvalue weighted by molar-refractivity contribution is 0.103. The number of amides is 1. The SMILES string of the molecule is O=C(Nc1ccc(Cl)c(Cl)c1)c1cc(COc2ccccc2)cs1. The first kappa shape index (κ1) is 16.8. The molecule has 122 valence electrons. The number of carbonyl (C=O) groups excluding carboxylic acids is 1. The van der Waals surface area contributed by atoms with E-state index >= 15 is 0 Å². The highest BCUT2D eigenvalue weighted by Gasteiger charge is 2.11. The van der Waals surface area contributed by atoms with E-state index in [9.17, 15) is 4.79 Å². The Morgan fingerprint density at radius 1 is 1.04 bits per heavy atom. The van der Waals surface area contributed by atoms with Crippen molar-refractivity contribution in [1.82, 2.24) is 0 Å². The fourth-order valence-corrected chi connectivity index (χ4v) is 3.11. The molecule has 2 aromatic carbocycles. The zero-order valence-corrected chi connectivity index (χ0v) is 14.8. The second-order valence-corrected chi connectivity index (χ2v) is 6.73. The molecule has 0 bridgehead atoms.